The second kappa shape index (κ2) is 4.38. The molecule has 3 rings (SSSR count). The molecule has 0 aliphatic carbocycles. The molecule has 0 N–H and O–H groups in total. The fraction of sp³-hybridized carbons (Fsp3) is 0.133. The fourth-order valence-corrected chi connectivity index (χ4v) is 3.33. The van der Waals surface area contributed by atoms with Gasteiger partial charge in [-0.3, -0.25) is 0 Å². The Labute approximate surface area is 106 Å². The summed E-state index contributed by atoms with van der Waals surface area (Å²) in [5.41, 5.74) is 2.73. The highest BCUT2D eigenvalue weighted by atomic mass is 32.2. The van der Waals surface area contributed by atoms with Crippen molar-refractivity contribution in [3.8, 4) is 0 Å². The van der Waals surface area contributed by atoms with Crippen molar-refractivity contribution in [2.75, 3.05) is 7.05 Å². The van der Waals surface area contributed by atoms with Gasteiger partial charge in [0.15, 0.2) is 6.21 Å². The maximum absolute atomic E-state index is 2.28. The largest absolute Gasteiger partial charge is 0.209 e. The third-order valence-electron chi connectivity index (χ3n) is 2.99. The van der Waals surface area contributed by atoms with Crippen molar-refractivity contribution in [3.05, 3.63) is 60.2 Å². The minimum atomic E-state index is 0.429. The highest BCUT2D eigenvalue weighted by molar-refractivity contribution is 8.00. The van der Waals surface area contributed by atoms with Crippen LogP contribution in [0.1, 0.15) is 10.8 Å². The van der Waals surface area contributed by atoms with E-state index in [1.165, 1.54) is 16.1 Å². The SMILES string of the molecule is C[N+]1=CC(Sc2ccccc2)c2ccccc21. The van der Waals surface area contributed by atoms with Gasteiger partial charge in [0.2, 0.25) is 5.69 Å². The lowest BCUT2D eigenvalue weighted by atomic mass is 10.1. The Bertz CT molecular complexity index is 560. The molecule has 0 fully saturated rings. The van der Waals surface area contributed by atoms with Crippen molar-refractivity contribution in [2.24, 2.45) is 0 Å². The van der Waals surface area contributed by atoms with E-state index in [-0.39, 0.29) is 0 Å². The summed E-state index contributed by atoms with van der Waals surface area (Å²) >= 11 is 1.90. The molecule has 1 heterocycles. The van der Waals surface area contributed by atoms with Crippen LogP contribution in [0.3, 0.4) is 0 Å². The van der Waals surface area contributed by atoms with E-state index in [0.29, 0.717) is 5.25 Å². The third-order valence-corrected chi connectivity index (χ3v) is 4.16. The molecule has 0 bridgehead atoms. The zero-order valence-electron chi connectivity index (χ0n) is 9.71. The summed E-state index contributed by atoms with van der Waals surface area (Å²) < 4.78 is 2.22. The predicted molar refractivity (Wildman–Crippen MR) is 73.4 cm³/mol. The maximum Gasteiger partial charge on any atom is 0.209 e. The number of fused-ring (bicyclic) bond motifs is 1. The minimum Gasteiger partial charge on any atom is -0.204 e. The first-order valence-electron chi connectivity index (χ1n) is 5.73. The van der Waals surface area contributed by atoms with Crippen molar-refractivity contribution >= 4 is 23.7 Å². The first-order valence-corrected chi connectivity index (χ1v) is 6.61. The number of benzene rings is 2. The second-order valence-corrected chi connectivity index (χ2v) is 5.39. The topological polar surface area (TPSA) is 3.01 Å². The van der Waals surface area contributed by atoms with Crippen LogP contribution in [0.4, 0.5) is 5.69 Å². The Hall–Kier alpha value is -1.54. The van der Waals surface area contributed by atoms with E-state index in [1.54, 1.807) is 0 Å². The molecule has 2 aromatic carbocycles. The molecule has 0 saturated heterocycles. The third kappa shape index (κ3) is 2.01. The molecule has 2 aromatic rings. The lowest BCUT2D eigenvalue weighted by Gasteiger charge is -2.05. The summed E-state index contributed by atoms with van der Waals surface area (Å²) in [6.07, 6.45) is 2.28. The van der Waals surface area contributed by atoms with Crippen LogP contribution in [0, 0.1) is 0 Å². The maximum atomic E-state index is 2.28. The van der Waals surface area contributed by atoms with Gasteiger partial charge in [0.1, 0.15) is 12.3 Å². The van der Waals surface area contributed by atoms with E-state index in [1.807, 2.05) is 11.8 Å². The number of hydrogen-bond acceptors (Lipinski definition) is 1. The molecule has 1 nitrogen and oxygen atoms in total. The van der Waals surface area contributed by atoms with E-state index >= 15 is 0 Å². The number of rotatable bonds is 2. The number of nitrogens with zero attached hydrogens (tertiary/aromatic N) is 1. The predicted octanol–water partition coefficient (Wildman–Crippen LogP) is 3.88. The van der Waals surface area contributed by atoms with Gasteiger partial charge in [-0.1, -0.05) is 36.4 Å². The molecule has 17 heavy (non-hydrogen) atoms. The standard InChI is InChI=1S/C15H14NS/c1-16-11-15(13-9-5-6-10-14(13)16)17-12-7-3-2-4-8-12/h2-11,15H,1H3/q+1. The van der Waals surface area contributed by atoms with E-state index in [0.717, 1.165) is 0 Å². The van der Waals surface area contributed by atoms with Crippen LogP contribution in [0.15, 0.2) is 59.5 Å². The first kappa shape index (κ1) is 10.6. The van der Waals surface area contributed by atoms with Crippen LogP contribution >= 0.6 is 11.8 Å². The van der Waals surface area contributed by atoms with Gasteiger partial charge in [-0.2, -0.15) is 0 Å². The van der Waals surface area contributed by atoms with E-state index in [2.05, 4.69) is 72.4 Å². The molecule has 2 heteroatoms. The highest BCUT2D eigenvalue weighted by Crippen LogP contribution is 2.41. The Balaban J connectivity index is 1.92. The van der Waals surface area contributed by atoms with Gasteiger partial charge in [0.25, 0.3) is 0 Å². The molecule has 84 valence electrons. The number of hydrogen-bond donors (Lipinski definition) is 0. The van der Waals surface area contributed by atoms with Crippen LogP contribution in [-0.4, -0.2) is 17.8 Å². The molecule has 0 radical (unpaired) electrons. The van der Waals surface area contributed by atoms with Crippen LogP contribution in [-0.2, 0) is 0 Å². The van der Waals surface area contributed by atoms with Gasteiger partial charge >= 0.3 is 0 Å². The summed E-state index contributed by atoms with van der Waals surface area (Å²) in [6.45, 7) is 0. The quantitative estimate of drug-likeness (QED) is 0.720. The number of para-hydroxylation sites is 1. The number of thioether (sulfide) groups is 1. The zero-order chi connectivity index (χ0) is 11.7. The van der Waals surface area contributed by atoms with Gasteiger partial charge in [0.05, 0.1) is 0 Å². The molecule has 1 aliphatic rings. The molecular formula is C15H14NS+. The lowest BCUT2D eigenvalue weighted by molar-refractivity contribution is -0.396. The van der Waals surface area contributed by atoms with Crippen LogP contribution in [0.25, 0.3) is 0 Å². The zero-order valence-corrected chi connectivity index (χ0v) is 10.5. The van der Waals surface area contributed by atoms with Crippen molar-refractivity contribution in [1.82, 2.24) is 0 Å². The Morgan fingerprint density at radius 2 is 1.65 bits per heavy atom. The highest BCUT2D eigenvalue weighted by Gasteiger charge is 2.28. The van der Waals surface area contributed by atoms with Crippen LogP contribution < -0.4 is 0 Å². The molecule has 0 aromatic heterocycles. The first-order chi connectivity index (χ1) is 8.34. The average Bonchev–Trinajstić information content (AvgIpc) is 2.69. The Morgan fingerprint density at radius 3 is 2.47 bits per heavy atom. The van der Waals surface area contributed by atoms with E-state index in [4.69, 9.17) is 0 Å². The van der Waals surface area contributed by atoms with Gasteiger partial charge in [-0.15, -0.1) is 11.8 Å². The molecule has 0 saturated carbocycles. The van der Waals surface area contributed by atoms with Crippen LogP contribution in [0.2, 0.25) is 0 Å². The van der Waals surface area contributed by atoms with Crippen molar-refractivity contribution < 1.29 is 4.58 Å². The summed E-state index contributed by atoms with van der Waals surface area (Å²) in [5.74, 6) is 0. The minimum absolute atomic E-state index is 0.429. The molecule has 0 amide bonds. The monoisotopic (exact) mass is 240 g/mol. The van der Waals surface area contributed by atoms with E-state index < -0.39 is 0 Å². The summed E-state index contributed by atoms with van der Waals surface area (Å²) in [4.78, 5) is 1.32. The second-order valence-electron chi connectivity index (χ2n) is 4.17. The summed E-state index contributed by atoms with van der Waals surface area (Å²) in [6, 6.07) is 19.2. The lowest BCUT2D eigenvalue weighted by Crippen LogP contribution is -1.93. The van der Waals surface area contributed by atoms with Gasteiger partial charge in [-0.05, 0) is 12.1 Å². The van der Waals surface area contributed by atoms with Crippen molar-refractivity contribution in [3.63, 3.8) is 0 Å². The smallest absolute Gasteiger partial charge is 0.204 e. The molecule has 1 unspecified atom stereocenters. The average molecular weight is 240 g/mol. The Kier molecular flexibility index (Phi) is 2.73. The normalized spacial score (nSPS) is 17.7. The van der Waals surface area contributed by atoms with Gasteiger partial charge < -0.3 is 0 Å². The molecular weight excluding hydrogens is 226 g/mol. The van der Waals surface area contributed by atoms with Gasteiger partial charge in [-0.25, -0.2) is 4.58 Å². The van der Waals surface area contributed by atoms with Gasteiger partial charge in [0, 0.05) is 16.5 Å². The summed E-state index contributed by atoms with van der Waals surface area (Å²) in [7, 11) is 2.12. The van der Waals surface area contributed by atoms with Crippen LogP contribution in [0.5, 0.6) is 0 Å². The Morgan fingerprint density at radius 1 is 0.941 bits per heavy atom. The fourth-order valence-electron chi connectivity index (χ4n) is 2.15. The van der Waals surface area contributed by atoms with Crippen molar-refractivity contribution in [1.29, 1.82) is 0 Å². The van der Waals surface area contributed by atoms with Crippen molar-refractivity contribution in [2.45, 2.75) is 10.1 Å². The van der Waals surface area contributed by atoms with E-state index in [9.17, 15) is 0 Å². The summed E-state index contributed by atoms with van der Waals surface area (Å²) in [5, 5.41) is 0.429. The molecule has 1 aliphatic heterocycles. The molecule has 1 atom stereocenters. The molecule has 0 spiro atoms.